The lowest BCUT2D eigenvalue weighted by atomic mass is 9.99. The minimum absolute atomic E-state index is 0.364. The molecule has 0 fully saturated rings. The molecule has 0 aliphatic carbocycles. The molecule has 0 radical (unpaired) electrons. The molecule has 0 atom stereocenters. The van der Waals surface area contributed by atoms with Crippen LogP contribution in [0.5, 0.6) is 0 Å². The summed E-state index contributed by atoms with van der Waals surface area (Å²) >= 11 is 6.25. The van der Waals surface area contributed by atoms with Crippen molar-refractivity contribution in [2.24, 2.45) is 5.84 Å². The van der Waals surface area contributed by atoms with E-state index in [-0.39, 0.29) is 0 Å². The average Bonchev–Trinajstić information content (AvgIpc) is 2.47. The Morgan fingerprint density at radius 2 is 2.25 bits per heavy atom. The fraction of sp³-hybridized carbons (Fsp3) is 0.286. The van der Waals surface area contributed by atoms with Gasteiger partial charge in [0.25, 0.3) is 0 Å². The molecule has 0 unspecified atom stereocenters. The molecule has 1 aromatic heterocycles. The van der Waals surface area contributed by atoms with Crippen LogP contribution >= 0.6 is 11.6 Å². The van der Waals surface area contributed by atoms with Gasteiger partial charge in [0.2, 0.25) is 5.95 Å². The Balaban J connectivity index is 2.08. The lowest BCUT2D eigenvalue weighted by Gasteiger charge is -2.31. The fourth-order valence-corrected chi connectivity index (χ4v) is 2.76. The first kappa shape index (κ1) is 13.1. The third-order valence-corrected chi connectivity index (χ3v) is 3.73. The van der Waals surface area contributed by atoms with Crippen LogP contribution in [0.1, 0.15) is 17.5 Å². The van der Waals surface area contributed by atoms with Crippen LogP contribution in [0.15, 0.2) is 24.4 Å². The summed E-state index contributed by atoms with van der Waals surface area (Å²) in [5.74, 6) is 6.43. The molecule has 0 saturated carbocycles. The molecule has 5 nitrogen and oxygen atoms in total. The van der Waals surface area contributed by atoms with Crippen molar-refractivity contribution in [1.82, 2.24) is 9.97 Å². The summed E-state index contributed by atoms with van der Waals surface area (Å²) in [6, 6.07) is 6.45. The highest BCUT2D eigenvalue weighted by molar-refractivity contribution is 6.33. The number of nitrogens with zero attached hydrogens (tertiary/aromatic N) is 3. The van der Waals surface area contributed by atoms with Crippen molar-refractivity contribution in [3.8, 4) is 0 Å². The first-order valence-corrected chi connectivity index (χ1v) is 6.93. The van der Waals surface area contributed by atoms with Gasteiger partial charge in [-0.25, -0.2) is 10.8 Å². The third kappa shape index (κ3) is 2.30. The summed E-state index contributed by atoms with van der Waals surface area (Å²) in [4.78, 5) is 10.5. The van der Waals surface area contributed by atoms with E-state index in [1.165, 1.54) is 11.1 Å². The molecule has 0 bridgehead atoms. The van der Waals surface area contributed by atoms with E-state index < -0.39 is 0 Å². The van der Waals surface area contributed by atoms with Crippen molar-refractivity contribution in [2.45, 2.75) is 19.8 Å². The highest BCUT2D eigenvalue weighted by Crippen LogP contribution is 2.36. The Labute approximate surface area is 122 Å². The largest absolute Gasteiger partial charge is 0.325 e. The van der Waals surface area contributed by atoms with Gasteiger partial charge in [-0.05, 0) is 31.4 Å². The van der Waals surface area contributed by atoms with Crippen molar-refractivity contribution < 1.29 is 0 Å². The van der Waals surface area contributed by atoms with E-state index in [0.29, 0.717) is 16.8 Å². The van der Waals surface area contributed by atoms with E-state index >= 15 is 0 Å². The number of rotatable bonds is 2. The molecule has 0 saturated heterocycles. The Bertz CT molecular complexity index is 643. The predicted molar refractivity (Wildman–Crippen MR) is 81.4 cm³/mol. The minimum Gasteiger partial charge on any atom is -0.325 e. The maximum atomic E-state index is 6.25. The number of hydrogen-bond acceptors (Lipinski definition) is 5. The molecule has 1 aliphatic heterocycles. The van der Waals surface area contributed by atoms with E-state index in [2.05, 4.69) is 45.4 Å². The van der Waals surface area contributed by atoms with E-state index in [4.69, 9.17) is 17.4 Å². The van der Waals surface area contributed by atoms with Gasteiger partial charge in [-0.2, -0.15) is 4.98 Å². The third-order valence-electron chi connectivity index (χ3n) is 3.46. The maximum Gasteiger partial charge on any atom is 0.239 e. The van der Waals surface area contributed by atoms with Gasteiger partial charge in [0, 0.05) is 12.2 Å². The van der Waals surface area contributed by atoms with Gasteiger partial charge >= 0.3 is 0 Å². The number of halogens is 1. The molecule has 2 heterocycles. The number of benzene rings is 1. The maximum absolute atomic E-state index is 6.25. The summed E-state index contributed by atoms with van der Waals surface area (Å²) in [5.41, 5.74) is 6.21. The summed E-state index contributed by atoms with van der Waals surface area (Å²) in [7, 11) is 0. The molecule has 3 rings (SSSR count). The molecule has 1 aromatic carbocycles. The molecule has 1 aliphatic rings. The van der Waals surface area contributed by atoms with Crippen molar-refractivity contribution in [3.05, 3.63) is 40.5 Å². The monoisotopic (exact) mass is 289 g/mol. The van der Waals surface area contributed by atoms with Gasteiger partial charge in [0.1, 0.15) is 5.02 Å². The molecule has 104 valence electrons. The number of aromatic nitrogens is 2. The topological polar surface area (TPSA) is 67.1 Å². The lowest BCUT2D eigenvalue weighted by Crippen LogP contribution is -2.26. The second kappa shape index (κ2) is 5.26. The Hall–Kier alpha value is -1.85. The molecule has 0 spiro atoms. The van der Waals surface area contributed by atoms with E-state index in [1.54, 1.807) is 6.20 Å². The molecular formula is C14H16ClN5. The van der Waals surface area contributed by atoms with Crippen molar-refractivity contribution in [3.63, 3.8) is 0 Å². The van der Waals surface area contributed by atoms with E-state index in [9.17, 15) is 0 Å². The quantitative estimate of drug-likeness (QED) is 0.657. The summed E-state index contributed by atoms with van der Waals surface area (Å²) < 4.78 is 0. The fourth-order valence-electron chi connectivity index (χ4n) is 2.56. The van der Waals surface area contributed by atoms with Gasteiger partial charge in [0.15, 0.2) is 5.82 Å². The van der Waals surface area contributed by atoms with E-state index in [0.717, 1.165) is 25.1 Å². The van der Waals surface area contributed by atoms with Gasteiger partial charge < -0.3 is 4.90 Å². The number of anilines is 3. The molecule has 3 N–H and O–H groups in total. The van der Waals surface area contributed by atoms with Crippen molar-refractivity contribution in [2.75, 3.05) is 16.9 Å². The van der Waals surface area contributed by atoms with E-state index in [1.807, 2.05) is 0 Å². The van der Waals surface area contributed by atoms with Gasteiger partial charge in [0.05, 0.1) is 6.20 Å². The minimum atomic E-state index is 0.364. The molecule has 0 amide bonds. The van der Waals surface area contributed by atoms with Crippen LogP contribution in [0.4, 0.5) is 17.5 Å². The van der Waals surface area contributed by atoms with Crippen LogP contribution in [0.25, 0.3) is 0 Å². The SMILES string of the molecule is Cc1ccc2c(c1)CCCN2c1nc(NN)ncc1Cl. The second-order valence-electron chi connectivity index (χ2n) is 4.90. The van der Waals surface area contributed by atoms with Crippen molar-refractivity contribution in [1.29, 1.82) is 0 Å². The van der Waals surface area contributed by atoms with Crippen LogP contribution < -0.4 is 16.2 Å². The number of hydrazine groups is 1. The highest BCUT2D eigenvalue weighted by atomic mass is 35.5. The first-order chi connectivity index (χ1) is 9.69. The predicted octanol–water partition coefficient (Wildman–Crippen LogP) is 2.81. The van der Waals surface area contributed by atoms with Crippen LogP contribution in [0.3, 0.4) is 0 Å². The average molecular weight is 290 g/mol. The molecule has 20 heavy (non-hydrogen) atoms. The Morgan fingerprint density at radius 1 is 1.40 bits per heavy atom. The number of aryl methyl sites for hydroxylation is 2. The van der Waals surface area contributed by atoms with Crippen molar-refractivity contribution >= 4 is 29.1 Å². The van der Waals surface area contributed by atoms with Crippen LogP contribution in [-0.2, 0) is 6.42 Å². The molecular weight excluding hydrogens is 274 g/mol. The Kier molecular flexibility index (Phi) is 3.46. The number of nitrogen functional groups attached to an aromatic ring is 1. The molecule has 6 heteroatoms. The number of hydrogen-bond donors (Lipinski definition) is 2. The highest BCUT2D eigenvalue weighted by Gasteiger charge is 2.21. The smallest absolute Gasteiger partial charge is 0.239 e. The van der Waals surface area contributed by atoms with Crippen LogP contribution in [0, 0.1) is 6.92 Å². The number of nitrogens with two attached hydrogens (primary N) is 1. The molecule has 2 aromatic rings. The van der Waals surface area contributed by atoms with Gasteiger partial charge in [-0.15, -0.1) is 0 Å². The van der Waals surface area contributed by atoms with Gasteiger partial charge in [-0.1, -0.05) is 29.3 Å². The van der Waals surface area contributed by atoms with Gasteiger partial charge in [-0.3, -0.25) is 5.43 Å². The zero-order valence-corrected chi connectivity index (χ0v) is 12.0. The second-order valence-corrected chi connectivity index (χ2v) is 5.30. The zero-order valence-electron chi connectivity index (χ0n) is 11.2. The van der Waals surface area contributed by atoms with Crippen LogP contribution in [0.2, 0.25) is 5.02 Å². The number of nitrogens with one attached hydrogen (secondary N) is 1. The first-order valence-electron chi connectivity index (χ1n) is 6.55. The zero-order chi connectivity index (χ0) is 14.1. The lowest BCUT2D eigenvalue weighted by molar-refractivity contribution is 0.758. The summed E-state index contributed by atoms with van der Waals surface area (Å²) in [6.07, 6.45) is 3.72. The normalized spacial score (nSPS) is 14.1. The summed E-state index contributed by atoms with van der Waals surface area (Å²) in [6.45, 7) is 2.99. The summed E-state index contributed by atoms with van der Waals surface area (Å²) in [5, 5.41) is 0.525. The Morgan fingerprint density at radius 3 is 3.05 bits per heavy atom. The van der Waals surface area contributed by atoms with Crippen LogP contribution in [-0.4, -0.2) is 16.5 Å². The standard InChI is InChI=1S/C14H16ClN5/c1-9-4-5-12-10(7-9)3-2-6-20(12)13-11(15)8-17-14(18-13)19-16/h4-5,7-8H,2-3,6,16H2,1H3,(H,17,18,19). The number of fused-ring (bicyclic) bond motifs is 1.